The SMILES string of the molecule is CN(C)c1cc(N(C2CC2)C2CCN(c3ccncc3Cl)CC2)ncn1. The van der Waals surface area contributed by atoms with Gasteiger partial charge in [0.25, 0.3) is 0 Å². The van der Waals surface area contributed by atoms with Gasteiger partial charge in [0.2, 0.25) is 0 Å². The van der Waals surface area contributed by atoms with Crippen LogP contribution in [0, 0.1) is 0 Å². The summed E-state index contributed by atoms with van der Waals surface area (Å²) in [6, 6.07) is 5.27. The first-order valence-corrected chi connectivity index (χ1v) is 9.63. The van der Waals surface area contributed by atoms with Gasteiger partial charge in [-0.25, -0.2) is 9.97 Å². The van der Waals surface area contributed by atoms with Crippen LogP contribution >= 0.6 is 11.6 Å². The van der Waals surface area contributed by atoms with Crippen LogP contribution in [0.15, 0.2) is 30.9 Å². The minimum absolute atomic E-state index is 0.518. The van der Waals surface area contributed by atoms with E-state index in [0.29, 0.717) is 12.1 Å². The number of hydrogen-bond donors (Lipinski definition) is 0. The average Bonchev–Trinajstić information content (AvgIpc) is 3.48. The third-order valence-electron chi connectivity index (χ3n) is 5.25. The number of halogens is 1. The molecule has 138 valence electrons. The highest BCUT2D eigenvalue weighted by atomic mass is 35.5. The molecule has 1 aliphatic heterocycles. The Morgan fingerprint density at radius 1 is 1.04 bits per heavy atom. The van der Waals surface area contributed by atoms with Crippen LogP contribution in [0.25, 0.3) is 0 Å². The molecule has 0 aromatic carbocycles. The minimum Gasteiger partial charge on any atom is -0.370 e. The number of pyridine rings is 1. The zero-order valence-corrected chi connectivity index (χ0v) is 16.1. The predicted molar refractivity (Wildman–Crippen MR) is 106 cm³/mol. The highest BCUT2D eigenvalue weighted by molar-refractivity contribution is 6.33. The van der Waals surface area contributed by atoms with Crippen LogP contribution < -0.4 is 14.7 Å². The molecule has 0 spiro atoms. The van der Waals surface area contributed by atoms with Gasteiger partial charge in [0.15, 0.2) is 0 Å². The van der Waals surface area contributed by atoms with Crippen molar-refractivity contribution in [3.8, 4) is 0 Å². The van der Waals surface area contributed by atoms with Crippen molar-refractivity contribution in [3.05, 3.63) is 35.9 Å². The Hall–Kier alpha value is -2.08. The van der Waals surface area contributed by atoms with Gasteiger partial charge in [0.05, 0.1) is 10.7 Å². The molecule has 2 aromatic heterocycles. The molecule has 2 aromatic rings. The smallest absolute Gasteiger partial charge is 0.134 e. The number of anilines is 3. The second-order valence-corrected chi connectivity index (χ2v) is 7.72. The molecular formula is C19H25ClN6. The van der Waals surface area contributed by atoms with Crippen LogP contribution in [-0.2, 0) is 0 Å². The van der Waals surface area contributed by atoms with Gasteiger partial charge in [-0.05, 0) is 31.7 Å². The molecule has 3 heterocycles. The fourth-order valence-electron chi connectivity index (χ4n) is 3.76. The van der Waals surface area contributed by atoms with Gasteiger partial charge in [0.1, 0.15) is 18.0 Å². The van der Waals surface area contributed by atoms with Crippen molar-refractivity contribution in [2.24, 2.45) is 0 Å². The highest BCUT2D eigenvalue weighted by Crippen LogP contribution is 2.37. The van der Waals surface area contributed by atoms with Crippen molar-refractivity contribution in [1.82, 2.24) is 15.0 Å². The van der Waals surface area contributed by atoms with Gasteiger partial charge in [0, 0.05) is 57.7 Å². The second-order valence-electron chi connectivity index (χ2n) is 7.31. The van der Waals surface area contributed by atoms with Crippen LogP contribution in [0.5, 0.6) is 0 Å². The molecular weight excluding hydrogens is 348 g/mol. The topological polar surface area (TPSA) is 48.4 Å². The maximum atomic E-state index is 6.32. The minimum atomic E-state index is 0.518. The molecule has 2 fully saturated rings. The van der Waals surface area contributed by atoms with Crippen molar-refractivity contribution in [2.45, 2.75) is 37.8 Å². The van der Waals surface area contributed by atoms with Crippen LogP contribution in [0.2, 0.25) is 5.02 Å². The third-order valence-corrected chi connectivity index (χ3v) is 5.54. The molecule has 0 atom stereocenters. The average molecular weight is 373 g/mol. The third kappa shape index (κ3) is 3.56. The van der Waals surface area contributed by atoms with E-state index in [0.717, 1.165) is 48.3 Å². The van der Waals surface area contributed by atoms with Crippen LogP contribution in [0.3, 0.4) is 0 Å². The fourth-order valence-corrected chi connectivity index (χ4v) is 4.00. The lowest BCUT2D eigenvalue weighted by molar-refractivity contribution is 0.459. The number of aromatic nitrogens is 3. The molecule has 1 saturated carbocycles. The summed E-state index contributed by atoms with van der Waals surface area (Å²) in [5.74, 6) is 2.02. The summed E-state index contributed by atoms with van der Waals surface area (Å²) >= 11 is 6.32. The summed E-state index contributed by atoms with van der Waals surface area (Å²) in [4.78, 5) is 20.0. The van der Waals surface area contributed by atoms with E-state index in [9.17, 15) is 0 Å². The van der Waals surface area contributed by atoms with Gasteiger partial charge in [-0.2, -0.15) is 0 Å². The van der Waals surface area contributed by atoms with E-state index in [4.69, 9.17) is 11.6 Å². The van der Waals surface area contributed by atoms with Crippen molar-refractivity contribution in [1.29, 1.82) is 0 Å². The molecule has 7 heteroatoms. The summed E-state index contributed by atoms with van der Waals surface area (Å²) in [5.41, 5.74) is 1.09. The Morgan fingerprint density at radius 2 is 1.73 bits per heavy atom. The summed E-state index contributed by atoms with van der Waals surface area (Å²) in [5, 5.41) is 0.733. The zero-order chi connectivity index (χ0) is 18.1. The van der Waals surface area contributed by atoms with Gasteiger partial charge in [-0.3, -0.25) is 4.98 Å². The molecule has 6 nitrogen and oxygen atoms in total. The van der Waals surface area contributed by atoms with Crippen molar-refractivity contribution in [3.63, 3.8) is 0 Å². The van der Waals surface area contributed by atoms with E-state index in [1.807, 2.05) is 31.3 Å². The zero-order valence-electron chi connectivity index (χ0n) is 15.3. The number of piperidine rings is 1. The first-order valence-electron chi connectivity index (χ1n) is 9.25. The molecule has 0 radical (unpaired) electrons. The Balaban J connectivity index is 1.50. The Labute approximate surface area is 159 Å². The van der Waals surface area contributed by atoms with Crippen molar-refractivity contribution >= 4 is 28.9 Å². The molecule has 0 amide bonds. The largest absolute Gasteiger partial charge is 0.370 e. The van der Waals surface area contributed by atoms with E-state index in [1.165, 1.54) is 12.8 Å². The van der Waals surface area contributed by atoms with Crippen LogP contribution in [0.1, 0.15) is 25.7 Å². The van der Waals surface area contributed by atoms with Gasteiger partial charge >= 0.3 is 0 Å². The predicted octanol–water partition coefficient (Wildman–Crippen LogP) is 3.23. The molecule has 0 N–H and O–H groups in total. The fraction of sp³-hybridized carbons (Fsp3) is 0.526. The van der Waals surface area contributed by atoms with Crippen molar-refractivity contribution in [2.75, 3.05) is 41.9 Å². The van der Waals surface area contributed by atoms with Crippen LogP contribution in [-0.4, -0.2) is 54.2 Å². The summed E-state index contributed by atoms with van der Waals surface area (Å²) in [6.07, 6.45) is 9.96. The highest BCUT2D eigenvalue weighted by Gasteiger charge is 2.36. The molecule has 4 rings (SSSR count). The lowest BCUT2D eigenvalue weighted by Gasteiger charge is -2.40. The number of rotatable bonds is 5. The molecule has 26 heavy (non-hydrogen) atoms. The standard InChI is InChI=1S/C19H25ClN6/c1-24(2)18-11-19(23-13-22-18)26(14-3-4-14)15-6-9-25(10-7-15)17-5-8-21-12-16(17)20/h5,8,11-15H,3-4,6-7,9-10H2,1-2H3. The van der Waals surface area contributed by atoms with E-state index in [-0.39, 0.29) is 0 Å². The number of hydrogen-bond acceptors (Lipinski definition) is 6. The van der Waals surface area contributed by atoms with Gasteiger partial charge in [-0.15, -0.1) is 0 Å². The van der Waals surface area contributed by atoms with E-state index in [2.05, 4.69) is 30.8 Å². The normalized spacial score (nSPS) is 18.0. The number of nitrogens with zero attached hydrogens (tertiary/aromatic N) is 6. The monoisotopic (exact) mass is 372 g/mol. The molecule has 1 aliphatic carbocycles. The van der Waals surface area contributed by atoms with E-state index in [1.54, 1.807) is 12.5 Å². The second kappa shape index (κ2) is 7.27. The lowest BCUT2D eigenvalue weighted by Crippen LogP contribution is -2.46. The first-order chi connectivity index (χ1) is 12.6. The van der Waals surface area contributed by atoms with Crippen molar-refractivity contribution < 1.29 is 0 Å². The van der Waals surface area contributed by atoms with Gasteiger partial charge < -0.3 is 14.7 Å². The maximum absolute atomic E-state index is 6.32. The summed E-state index contributed by atoms with van der Waals surface area (Å²) in [7, 11) is 4.04. The summed E-state index contributed by atoms with van der Waals surface area (Å²) < 4.78 is 0. The first kappa shape index (κ1) is 17.3. The molecule has 1 saturated heterocycles. The quantitative estimate of drug-likeness (QED) is 0.803. The Bertz CT molecular complexity index is 755. The molecule has 2 aliphatic rings. The van der Waals surface area contributed by atoms with E-state index >= 15 is 0 Å². The lowest BCUT2D eigenvalue weighted by atomic mass is 10.0. The van der Waals surface area contributed by atoms with E-state index < -0.39 is 0 Å². The Morgan fingerprint density at radius 3 is 2.38 bits per heavy atom. The van der Waals surface area contributed by atoms with Gasteiger partial charge in [-0.1, -0.05) is 11.6 Å². The molecule has 0 unspecified atom stereocenters. The molecule has 0 bridgehead atoms. The maximum Gasteiger partial charge on any atom is 0.134 e. The summed E-state index contributed by atoms with van der Waals surface area (Å²) in [6.45, 7) is 2.01. The Kier molecular flexibility index (Phi) is 4.85. The van der Waals surface area contributed by atoms with Crippen LogP contribution in [0.4, 0.5) is 17.3 Å².